The molecule has 0 aliphatic carbocycles. The quantitative estimate of drug-likeness (QED) is 0.422. The zero-order chi connectivity index (χ0) is 18.1. The molecule has 4 N–H and O–H groups in total. The molecule has 3 rings (SSSR count). The molecule has 0 amide bonds. The van der Waals surface area contributed by atoms with Gasteiger partial charge in [0.25, 0.3) is 5.69 Å². The number of rotatable bonds is 5. The van der Waals surface area contributed by atoms with Crippen molar-refractivity contribution in [3.8, 4) is 5.75 Å². The van der Waals surface area contributed by atoms with E-state index in [4.69, 9.17) is 4.74 Å². The van der Waals surface area contributed by atoms with E-state index in [-0.39, 0.29) is 18.1 Å². The lowest BCUT2D eigenvalue weighted by molar-refractivity contribution is -0.384. The number of aromatic nitrogens is 2. The fourth-order valence-corrected chi connectivity index (χ4v) is 2.76. The van der Waals surface area contributed by atoms with Crippen LogP contribution in [0.5, 0.6) is 5.75 Å². The molecule has 10 nitrogen and oxygen atoms in total. The molecule has 1 aromatic heterocycles. The lowest BCUT2D eigenvalue weighted by Gasteiger charge is -2.35. The van der Waals surface area contributed by atoms with Crippen LogP contribution < -0.4 is 4.74 Å². The standard InChI is InChI=1S/C15H17N3O7/c19-6-11-12(20)13(21)14(22)15-16-8(5-17(11)15)7-25-10-3-1-9(2-4-10)18(23)24/h1-5,11-14,19-22H,6-7H2/t11-,12-,13+,14+/m1/s1. The third-order valence-electron chi connectivity index (χ3n) is 4.12. The maximum absolute atomic E-state index is 10.6. The van der Waals surface area contributed by atoms with Crippen LogP contribution in [0.15, 0.2) is 30.5 Å². The first-order chi connectivity index (χ1) is 11.9. The maximum atomic E-state index is 10.6. The maximum Gasteiger partial charge on any atom is 0.269 e. The normalized spacial score (nSPS) is 25.4. The van der Waals surface area contributed by atoms with Crippen molar-refractivity contribution in [1.82, 2.24) is 9.55 Å². The average molecular weight is 351 g/mol. The molecular formula is C15H17N3O7. The van der Waals surface area contributed by atoms with Gasteiger partial charge in [-0.1, -0.05) is 0 Å². The minimum absolute atomic E-state index is 0.00880. The van der Waals surface area contributed by atoms with Crippen molar-refractivity contribution in [1.29, 1.82) is 0 Å². The van der Waals surface area contributed by atoms with Gasteiger partial charge in [-0.25, -0.2) is 4.98 Å². The number of hydrogen-bond donors (Lipinski definition) is 4. The molecule has 25 heavy (non-hydrogen) atoms. The number of benzene rings is 1. The molecule has 1 aromatic carbocycles. The van der Waals surface area contributed by atoms with E-state index in [0.717, 1.165) is 0 Å². The first-order valence-electron chi connectivity index (χ1n) is 7.52. The molecule has 0 saturated carbocycles. The molecule has 0 bridgehead atoms. The summed E-state index contributed by atoms with van der Waals surface area (Å²) < 4.78 is 6.91. The highest BCUT2D eigenvalue weighted by Gasteiger charge is 2.41. The lowest BCUT2D eigenvalue weighted by Crippen LogP contribution is -2.46. The Morgan fingerprint density at radius 3 is 2.48 bits per heavy atom. The summed E-state index contributed by atoms with van der Waals surface area (Å²) in [6.45, 7) is -0.425. The molecule has 0 radical (unpaired) electrons. The second-order valence-corrected chi connectivity index (χ2v) is 5.71. The number of non-ortho nitro benzene ring substituents is 1. The van der Waals surface area contributed by atoms with Gasteiger partial charge in [0, 0.05) is 18.3 Å². The highest BCUT2D eigenvalue weighted by molar-refractivity contribution is 5.36. The van der Waals surface area contributed by atoms with Gasteiger partial charge in [-0.2, -0.15) is 0 Å². The molecule has 2 aromatic rings. The summed E-state index contributed by atoms with van der Waals surface area (Å²) >= 11 is 0. The third kappa shape index (κ3) is 3.20. The number of nitro benzene ring substituents is 1. The fourth-order valence-electron chi connectivity index (χ4n) is 2.76. The molecule has 1 aliphatic rings. The van der Waals surface area contributed by atoms with E-state index < -0.39 is 35.9 Å². The Morgan fingerprint density at radius 2 is 1.88 bits per heavy atom. The van der Waals surface area contributed by atoms with Crippen molar-refractivity contribution >= 4 is 5.69 Å². The van der Waals surface area contributed by atoms with Crippen molar-refractivity contribution in [2.24, 2.45) is 0 Å². The molecule has 0 saturated heterocycles. The number of fused-ring (bicyclic) bond motifs is 1. The highest BCUT2D eigenvalue weighted by atomic mass is 16.6. The molecule has 0 spiro atoms. The van der Waals surface area contributed by atoms with Crippen LogP contribution in [-0.2, 0) is 6.61 Å². The Morgan fingerprint density at radius 1 is 1.20 bits per heavy atom. The lowest BCUT2D eigenvalue weighted by atomic mass is 9.96. The third-order valence-corrected chi connectivity index (χ3v) is 4.12. The Balaban J connectivity index is 1.75. The van der Waals surface area contributed by atoms with Crippen molar-refractivity contribution in [3.05, 3.63) is 52.1 Å². The first kappa shape index (κ1) is 17.3. The van der Waals surface area contributed by atoms with Gasteiger partial charge in [-0.05, 0) is 12.1 Å². The van der Waals surface area contributed by atoms with Gasteiger partial charge in [0.2, 0.25) is 0 Å². The van der Waals surface area contributed by atoms with Crippen LogP contribution in [-0.4, -0.2) is 53.7 Å². The van der Waals surface area contributed by atoms with Crippen molar-refractivity contribution < 1.29 is 30.1 Å². The Hall–Kier alpha value is -2.53. The predicted octanol–water partition coefficient (Wildman–Crippen LogP) is -0.328. The fraction of sp³-hybridized carbons (Fsp3) is 0.400. The number of nitro groups is 1. The Kier molecular flexibility index (Phi) is 4.68. The van der Waals surface area contributed by atoms with Crippen LogP contribution in [0, 0.1) is 10.1 Å². The first-order valence-corrected chi connectivity index (χ1v) is 7.52. The average Bonchev–Trinajstić information content (AvgIpc) is 3.03. The van der Waals surface area contributed by atoms with Gasteiger partial charge >= 0.3 is 0 Å². The summed E-state index contributed by atoms with van der Waals surface area (Å²) in [5.74, 6) is 0.523. The van der Waals surface area contributed by atoms with Gasteiger partial charge in [-0.15, -0.1) is 0 Å². The molecular weight excluding hydrogens is 334 g/mol. The van der Waals surface area contributed by atoms with Gasteiger partial charge in [-0.3, -0.25) is 10.1 Å². The number of hydrogen-bond acceptors (Lipinski definition) is 8. The zero-order valence-corrected chi connectivity index (χ0v) is 13.0. The molecule has 2 heterocycles. The second-order valence-electron chi connectivity index (χ2n) is 5.71. The smallest absolute Gasteiger partial charge is 0.269 e. The van der Waals surface area contributed by atoms with Crippen molar-refractivity contribution in [2.45, 2.75) is 31.0 Å². The number of aliphatic hydroxyl groups excluding tert-OH is 4. The summed E-state index contributed by atoms with van der Waals surface area (Å²) in [6, 6.07) is 4.70. The van der Waals surface area contributed by atoms with Crippen LogP contribution in [0.25, 0.3) is 0 Å². The number of imidazole rings is 1. The summed E-state index contributed by atoms with van der Waals surface area (Å²) in [5.41, 5.74) is 0.355. The molecule has 10 heteroatoms. The topological polar surface area (TPSA) is 151 Å². The van der Waals surface area contributed by atoms with Gasteiger partial charge in [0.05, 0.1) is 23.3 Å². The molecule has 4 atom stereocenters. The zero-order valence-electron chi connectivity index (χ0n) is 13.0. The Labute approximate surface area is 141 Å². The van der Waals surface area contributed by atoms with E-state index >= 15 is 0 Å². The van der Waals surface area contributed by atoms with E-state index in [9.17, 15) is 30.5 Å². The van der Waals surface area contributed by atoms with Gasteiger partial charge in [0.1, 0.15) is 36.5 Å². The van der Waals surface area contributed by atoms with E-state index in [1.54, 1.807) is 0 Å². The molecule has 0 unspecified atom stereocenters. The minimum atomic E-state index is -1.45. The monoisotopic (exact) mass is 351 g/mol. The number of nitrogens with zero attached hydrogens (tertiary/aromatic N) is 3. The summed E-state index contributed by atoms with van der Waals surface area (Å²) in [6.07, 6.45) is -2.65. The molecule has 0 fully saturated rings. The minimum Gasteiger partial charge on any atom is -0.487 e. The van der Waals surface area contributed by atoms with E-state index in [0.29, 0.717) is 11.4 Å². The van der Waals surface area contributed by atoms with Crippen molar-refractivity contribution in [3.63, 3.8) is 0 Å². The summed E-state index contributed by atoms with van der Waals surface area (Å²) in [4.78, 5) is 14.3. The van der Waals surface area contributed by atoms with E-state index in [1.165, 1.54) is 35.0 Å². The number of aliphatic hydroxyl groups is 4. The van der Waals surface area contributed by atoms with Crippen LogP contribution in [0.3, 0.4) is 0 Å². The van der Waals surface area contributed by atoms with E-state index in [1.807, 2.05) is 0 Å². The van der Waals surface area contributed by atoms with Gasteiger partial charge < -0.3 is 29.7 Å². The Bertz CT molecular complexity index is 761. The summed E-state index contributed by atoms with van der Waals surface area (Å²) in [5, 5.41) is 49.8. The van der Waals surface area contributed by atoms with Gasteiger partial charge in [0.15, 0.2) is 0 Å². The van der Waals surface area contributed by atoms with Crippen LogP contribution in [0.1, 0.15) is 23.7 Å². The SMILES string of the molecule is O=[N+]([O-])c1ccc(OCc2cn3c(n2)[C@@H](O)[C@@H](O)[C@H](O)[C@H]3CO)cc1. The highest BCUT2D eigenvalue weighted by Crippen LogP contribution is 2.32. The number of ether oxygens (including phenoxy) is 1. The van der Waals surface area contributed by atoms with E-state index in [2.05, 4.69) is 4.98 Å². The molecule has 1 aliphatic heterocycles. The second kappa shape index (κ2) is 6.76. The van der Waals surface area contributed by atoms with Crippen LogP contribution >= 0.6 is 0 Å². The van der Waals surface area contributed by atoms with Crippen LogP contribution in [0.2, 0.25) is 0 Å². The largest absolute Gasteiger partial charge is 0.487 e. The summed E-state index contributed by atoms with van der Waals surface area (Å²) in [7, 11) is 0. The van der Waals surface area contributed by atoms with Crippen molar-refractivity contribution in [2.75, 3.05) is 6.61 Å². The molecule has 134 valence electrons. The van der Waals surface area contributed by atoms with Crippen LogP contribution in [0.4, 0.5) is 5.69 Å². The predicted molar refractivity (Wildman–Crippen MR) is 82.8 cm³/mol.